The summed E-state index contributed by atoms with van der Waals surface area (Å²) in [6.45, 7) is 7.13. The zero-order valence-electron chi connectivity index (χ0n) is 14.8. The molecule has 1 saturated heterocycles. The molecule has 1 fully saturated rings. The smallest absolute Gasteiger partial charge is 0.254 e. The molecule has 0 bridgehead atoms. The van der Waals surface area contributed by atoms with E-state index in [4.69, 9.17) is 4.74 Å². The van der Waals surface area contributed by atoms with E-state index in [0.717, 1.165) is 0 Å². The van der Waals surface area contributed by atoms with Gasteiger partial charge in [0.1, 0.15) is 17.0 Å². The second-order valence-electron chi connectivity index (χ2n) is 6.65. The summed E-state index contributed by atoms with van der Waals surface area (Å²) in [5.41, 5.74) is -0.0824. The van der Waals surface area contributed by atoms with E-state index < -0.39 is 5.60 Å². The molecule has 0 spiro atoms. The summed E-state index contributed by atoms with van der Waals surface area (Å²) in [5.74, 6) is 0.552. The maximum Gasteiger partial charge on any atom is 0.254 e. The first-order valence-corrected chi connectivity index (χ1v) is 8.60. The summed E-state index contributed by atoms with van der Waals surface area (Å²) in [7, 11) is 0. The summed E-state index contributed by atoms with van der Waals surface area (Å²) < 4.78 is 7.17. The van der Waals surface area contributed by atoms with Gasteiger partial charge in [-0.1, -0.05) is 11.3 Å². The van der Waals surface area contributed by atoms with Gasteiger partial charge in [0, 0.05) is 24.6 Å². The Morgan fingerprint density at radius 2 is 2.24 bits per heavy atom. The summed E-state index contributed by atoms with van der Waals surface area (Å²) in [4.78, 5) is 14.4. The van der Waals surface area contributed by atoms with E-state index in [0.29, 0.717) is 36.6 Å². The molecule has 134 valence electrons. The Labute approximate surface area is 147 Å². The Bertz CT molecular complexity index is 758. The van der Waals surface area contributed by atoms with Gasteiger partial charge in [-0.05, 0) is 39.0 Å². The lowest BCUT2D eigenvalue weighted by molar-refractivity contribution is 0.0381. The molecule has 1 atom stereocenters. The van der Waals surface area contributed by atoms with Crippen molar-refractivity contribution in [3.8, 4) is 5.75 Å². The first kappa shape index (κ1) is 17.4. The van der Waals surface area contributed by atoms with Gasteiger partial charge in [-0.2, -0.15) is 0 Å². The van der Waals surface area contributed by atoms with Crippen LogP contribution in [-0.2, 0) is 5.60 Å². The Balaban J connectivity index is 1.75. The number of aliphatic hydroxyl groups is 1. The number of rotatable bonds is 5. The van der Waals surface area contributed by atoms with Crippen LogP contribution >= 0.6 is 0 Å². The van der Waals surface area contributed by atoms with Gasteiger partial charge in [-0.3, -0.25) is 4.79 Å². The Hall–Kier alpha value is -2.41. The average molecular weight is 344 g/mol. The van der Waals surface area contributed by atoms with E-state index in [1.165, 1.54) is 0 Å². The van der Waals surface area contributed by atoms with Crippen LogP contribution in [0.25, 0.3) is 0 Å². The van der Waals surface area contributed by atoms with Crippen LogP contribution in [0, 0.1) is 0 Å². The first-order chi connectivity index (χ1) is 11.9. The average Bonchev–Trinajstić information content (AvgIpc) is 3.23. The Morgan fingerprint density at radius 1 is 1.44 bits per heavy atom. The van der Waals surface area contributed by atoms with Crippen molar-refractivity contribution in [3.63, 3.8) is 0 Å². The maximum atomic E-state index is 12.8. The van der Waals surface area contributed by atoms with Gasteiger partial charge in [0.2, 0.25) is 0 Å². The highest BCUT2D eigenvalue weighted by Gasteiger charge is 2.42. The van der Waals surface area contributed by atoms with Crippen LogP contribution in [0.2, 0.25) is 0 Å². The number of hydrogen-bond donors (Lipinski definition) is 1. The van der Waals surface area contributed by atoms with Gasteiger partial charge < -0.3 is 14.7 Å². The summed E-state index contributed by atoms with van der Waals surface area (Å²) >= 11 is 0. The highest BCUT2D eigenvalue weighted by Crippen LogP contribution is 2.32. The molecule has 1 unspecified atom stereocenters. The first-order valence-electron chi connectivity index (χ1n) is 8.60. The van der Waals surface area contributed by atoms with Crippen LogP contribution in [0.15, 0.2) is 30.5 Å². The molecule has 0 aliphatic carbocycles. The number of likely N-dealkylation sites (tertiary alicyclic amines) is 1. The van der Waals surface area contributed by atoms with Gasteiger partial charge in [-0.25, -0.2) is 4.68 Å². The molecule has 7 heteroatoms. The number of β-amino-alcohol motifs (C(OH)–C–C–N with tert-alkyl or cyclic N) is 1. The fourth-order valence-electron chi connectivity index (χ4n) is 2.99. The quantitative estimate of drug-likeness (QED) is 0.897. The van der Waals surface area contributed by atoms with E-state index >= 15 is 0 Å². The number of hydrogen-bond acceptors (Lipinski definition) is 5. The number of amides is 1. The minimum atomic E-state index is -1.15. The van der Waals surface area contributed by atoms with Crippen molar-refractivity contribution in [1.82, 2.24) is 19.9 Å². The molecule has 7 nitrogen and oxygen atoms in total. The van der Waals surface area contributed by atoms with Gasteiger partial charge >= 0.3 is 0 Å². The molecule has 25 heavy (non-hydrogen) atoms. The van der Waals surface area contributed by atoms with E-state index in [2.05, 4.69) is 10.3 Å². The van der Waals surface area contributed by atoms with E-state index in [-0.39, 0.29) is 18.5 Å². The molecular weight excluding hydrogens is 320 g/mol. The lowest BCUT2D eigenvalue weighted by Crippen LogP contribution is -2.34. The van der Waals surface area contributed by atoms with E-state index in [1.54, 1.807) is 34.0 Å². The lowest BCUT2D eigenvalue weighted by atomic mass is 10.00. The minimum Gasteiger partial charge on any atom is -0.494 e. The van der Waals surface area contributed by atoms with Crippen molar-refractivity contribution in [1.29, 1.82) is 0 Å². The fraction of sp³-hybridized carbons (Fsp3) is 0.500. The van der Waals surface area contributed by atoms with Crippen LogP contribution < -0.4 is 4.74 Å². The number of carbonyl (C=O) groups excluding carboxylic acids is 1. The van der Waals surface area contributed by atoms with Gasteiger partial charge in [0.05, 0.1) is 19.3 Å². The topological polar surface area (TPSA) is 80.5 Å². The van der Waals surface area contributed by atoms with Crippen molar-refractivity contribution in [2.75, 3.05) is 19.7 Å². The molecule has 1 aliphatic rings. The largest absolute Gasteiger partial charge is 0.494 e. The molecule has 1 amide bonds. The van der Waals surface area contributed by atoms with Gasteiger partial charge in [-0.15, -0.1) is 5.10 Å². The fourth-order valence-corrected chi connectivity index (χ4v) is 2.99. The second kappa shape index (κ2) is 6.84. The van der Waals surface area contributed by atoms with E-state index in [1.807, 2.05) is 26.8 Å². The van der Waals surface area contributed by atoms with Crippen molar-refractivity contribution >= 4 is 5.91 Å². The van der Waals surface area contributed by atoms with E-state index in [9.17, 15) is 9.90 Å². The van der Waals surface area contributed by atoms with Crippen molar-refractivity contribution in [2.45, 2.75) is 38.8 Å². The maximum absolute atomic E-state index is 12.8. The van der Waals surface area contributed by atoms with Crippen LogP contribution in [-0.4, -0.2) is 50.6 Å². The highest BCUT2D eigenvalue weighted by molar-refractivity contribution is 5.94. The predicted octanol–water partition coefficient (Wildman–Crippen LogP) is 1.99. The third-order valence-corrected chi connectivity index (χ3v) is 4.44. The third-order valence-electron chi connectivity index (χ3n) is 4.44. The Kier molecular flexibility index (Phi) is 4.76. The molecule has 2 heterocycles. The molecule has 3 rings (SSSR count). The lowest BCUT2D eigenvalue weighted by Gasteiger charge is -2.21. The number of aromatic nitrogens is 3. The summed E-state index contributed by atoms with van der Waals surface area (Å²) in [5, 5.41) is 19.1. The summed E-state index contributed by atoms with van der Waals surface area (Å²) in [6.07, 6.45) is 2.20. The molecule has 0 radical (unpaired) electrons. The summed E-state index contributed by atoms with van der Waals surface area (Å²) in [6, 6.07) is 7.29. The molecule has 1 aliphatic heterocycles. The number of carbonyl (C=O) groups is 1. The normalized spacial score (nSPS) is 20.3. The molecular formula is C18H24N4O3. The van der Waals surface area contributed by atoms with Crippen molar-refractivity contribution in [2.24, 2.45) is 0 Å². The van der Waals surface area contributed by atoms with Gasteiger partial charge in [0.25, 0.3) is 5.91 Å². The minimum absolute atomic E-state index is 0.117. The van der Waals surface area contributed by atoms with Crippen LogP contribution in [0.5, 0.6) is 5.75 Å². The zero-order valence-corrected chi connectivity index (χ0v) is 14.8. The molecule has 2 aromatic rings. The van der Waals surface area contributed by atoms with Crippen LogP contribution in [0.3, 0.4) is 0 Å². The third kappa shape index (κ3) is 3.51. The molecule has 0 saturated carbocycles. The van der Waals surface area contributed by atoms with Crippen molar-refractivity contribution < 1.29 is 14.6 Å². The molecule has 1 aromatic carbocycles. The van der Waals surface area contributed by atoms with Crippen molar-refractivity contribution in [3.05, 3.63) is 41.7 Å². The monoisotopic (exact) mass is 344 g/mol. The van der Waals surface area contributed by atoms with Crippen LogP contribution in [0.4, 0.5) is 0 Å². The van der Waals surface area contributed by atoms with Crippen LogP contribution in [0.1, 0.15) is 49.3 Å². The standard InChI is InChI=1S/C18H24N4O3/c1-4-25-15-7-5-6-14(10-15)17(23)21-9-8-18(24,12-21)16-11-22(13(2)3)20-19-16/h5-7,10-11,13,24H,4,8-9,12H2,1-3H3. The number of benzene rings is 1. The SMILES string of the molecule is CCOc1cccc(C(=O)N2CCC(O)(c3cn(C(C)C)nn3)C2)c1. The van der Waals surface area contributed by atoms with Gasteiger partial charge in [0.15, 0.2) is 0 Å². The predicted molar refractivity (Wildman–Crippen MR) is 92.4 cm³/mol. The number of nitrogens with zero attached hydrogens (tertiary/aromatic N) is 4. The highest BCUT2D eigenvalue weighted by atomic mass is 16.5. The molecule has 1 N–H and O–H groups in total. The number of ether oxygens (including phenoxy) is 1. The molecule has 1 aromatic heterocycles. The Morgan fingerprint density at radius 3 is 2.92 bits per heavy atom. The second-order valence-corrected chi connectivity index (χ2v) is 6.65. The zero-order chi connectivity index (χ0) is 18.0.